The lowest BCUT2D eigenvalue weighted by Gasteiger charge is -2.34. The zero-order valence-corrected chi connectivity index (χ0v) is 17.5. The Bertz CT molecular complexity index is 844. The maximum absolute atomic E-state index is 11.9. The second-order valence-electron chi connectivity index (χ2n) is 8.36. The normalized spacial score (nSPS) is 17.1. The molecule has 1 aromatic carbocycles. The number of β-amino-alcohol motifs (C(OH)–C–C–N with tert-alkyl or cyclic N) is 1. The van der Waals surface area contributed by atoms with Crippen molar-refractivity contribution in [1.82, 2.24) is 20.2 Å². The molecule has 0 saturated carbocycles. The summed E-state index contributed by atoms with van der Waals surface area (Å²) < 4.78 is 10.5. The van der Waals surface area contributed by atoms with Crippen LogP contribution in [0, 0.1) is 0 Å². The van der Waals surface area contributed by atoms with Gasteiger partial charge in [0.25, 0.3) is 0 Å². The molecule has 2 heterocycles. The van der Waals surface area contributed by atoms with Crippen LogP contribution in [0.2, 0.25) is 0 Å². The molecule has 29 heavy (non-hydrogen) atoms. The van der Waals surface area contributed by atoms with E-state index in [1.165, 1.54) is 0 Å². The van der Waals surface area contributed by atoms with Crippen LogP contribution < -0.4 is 10.1 Å². The van der Waals surface area contributed by atoms with Gasteiger partial charge in [0.1, 0.15) is 5.60 Å². The molecule has 1 saturated heterocycles. The molecule has 1 aliphatic rings. The van der Waals surface area contributed by atoms with Crippen molar-refractivity contribution in [3.8, 4) is 5.88 Å². The lowest BCUT2D eigenvalue weighted by molar-refractivity contribution is 0.0459. The Balaban J connectivity index is 1.57. The Morgan fingerprint density at radius 1 is 1.34 bits per heavy atom. The number of hydrogen-bond acceptors (Lipinski definition) is 7. The van der Waals surface area contributed by atoms with Crippen molar-refractivity contribution in [2.75, 3.05) is 26.7 Å². The first-order chi connectivity index (χ1) is 13.7. The van der Waals surface area contributed by atoms with E-state index in [0.717, 1.165) is 37.0 Å². The minimum atomic E-state index is -0.685. The van der Waals surface area contributed by atoms with E-state index in [1.54, 1.807) is 13.3 Å². The maximum atomic E-state index is 11.9. The van der Waals surface area contributed by atoms with Gasteiger partial charge in [-0.15, -0.1) is 0 Å². The first-order valence-electron chi connectivity index (χ1n) is 9.95. The third kappa shape index (κ3) is 5.77. The van der Waals surface area contributed by atoms with Gasteiger partial charge in [-0.3, -0.25) is 0 Å². The molecule has 2 N–H and O–H groups in total. The molecule has 1 amide bonds. The van der Waals surface area contributed by atoms with E-state index in [2.05, 4.69) is 20.2 Å². The fourth-order valence-corrected chi connectivity index (χ4v) is 3.48. The van der Waals surface area contributed by atoms with Crippen LogP contribution >= 0.6 is 0 Å². The number of nitrogens with zero attached hydrogens (tertiary/aromatic N) is 3. The highest BCUT2D eigenvalue weighted by Crippen LogP contribution is 2.25. The van der Waals surface area contributed by atoms with Gasteiger partial charge in [-0.25, -0.2) is 14.8 Å². The second-order valence-corrected chi connectivity index (χ2v) is 8.36. The molecule has 1 atom stereocenters. The first-order valence-corrected chi connectivity index (χ1v) is 9.95. The molecule has 158 valence electrons. The molecule has 8 heteroatoms. The Labute approximate surface area is 171 Å². The van der Waals surface area contributed by atoms with Crippen molar-refractivity contribution in [3.63, 3.8) is 0 Å². The fraction of sp³-hybridized carbons (Fsp3) is 0.571. The molecule has 1 unspecified atom stereocenters. The third-order valence-corrected chi connectivity index (χ3v) is 4.89. The number of para-hydroxylation sites is 1. The summed E-state index contributed by atoms with van der Waals surface area (Å²) in [4.78, 5) is 22.9. The number of carbonyl (C=O) groups is 1. The molecule has 1 aliphatic heterocycles. The number of hydrogen-bond donors (Lipinski definition) is 2. The van der Waals surface area contributed by atoms with Crippen molar-refractivity contribution in [2.45, 2.75) is 51.4 Å². The van der Waals surface area contributed by atoms with Crippen LogP contribution in [-0.2, 0) is 4.74 Å². The van der Waals surface area contributed by atoms with E-state index in [1.807, 2.05) is 39.0 Å². The van der Waals surface area contributed by atoms with Crippen LogP contribution in [-0.4, -0.2) is 64.5 Å². The topological polar surface area (TPSA) is 96.8 Å². The summed E-state index contributed by atoms with van der Waals surface area (Å²) in [5.74, 6) is 0.422. The van der Waals surface area contributed by atoms with Gasteiger partial charge in [-0.2, -0.15) is 0 Å². The van der Waals surface area contributed by atoms with E-state index >= 15 is 0 Å². The number of aliphatic hydroxyl groups is 1. The lowest BCUT2D eigenvalue weighted by atomic mass is 10.0. The van der Waals surface area contributed by atoms with Gasteiger partial charge in [0.2, 0.25) is 5.88 Å². The fourth-order valence-electron chi connectivity index (χ4n) is 3.48. The number of benzene rings is 1. The van der Waals surface area contributed by atoms with Crippen LogP contribution in [0.1, 0.15) is 45.3 Å². The van der Waals surface area contributed by atoms with Crippen LogP contribution in [0.15, 0.2) is 24.4 Å². The Hall–Kier alpha value is -2.45. The Morgan fingerprint density at radius 3 is 2.72 bits per heavy atom. The van der Waals surface area contributed by atoms with Crippen LogP contribution in [0.3, 0.4) is 0 Å². The standard InChI is InChI=1S/C21H30N4O4/c1-21(2,3)29-20(27)23-14-8-10-25(11-9-14)13-17(26)15-6-5-7-16-19(15)24-18(28-4)12-22-16/h5-7,12,14,17,26H,8-11,13H2,1-4H3,(H,23,27). The number of piperidine rings is 1. The zero-order valence-electron chi connectivity index (χ0n) is 17.5. The number of aromatic nitrogens is 2. The number of likely N-dealkylation sites (tertiary alicyclic amines) is 1. The van der Waals surface area contributed by atoms with Gasteiger partial charge < -0.3 is 24.8 Å². The molecule has 0 aliphatic carbocycles. The molecule has 0 radical (unpaired) electrons. The van der Waals surface area contributed by atoms with Crippen LogP contribution in [0.5, 0.6) is 5.88 Å². The number of nitrogens with one attached hydrogen (secondary N) is 1. The predicted molar refractivity (Wildman–Crippen MR) is 110 cm³/mol. The summed E-state index contributed by atoms with van der Waals surface area (Å²) >= 11 is 0. The van der Waals surface area contributed by atoms with Crippen molar-refractivity contribution in [2.24, 2.45) is 0 Å². The monoisotopic (exact) mass is 402 g/mol. The number of carbonyl (C=O) groups excluding carboxylic acids is 1. The largest absolute Gasteiger partial charge is 0.480 e. The summed E-state index contributed by atoms with van der Waals surface area (Å²) in [6.07, 6.45) is 2.14. The average Bonchev–Trinajstić information content (AvgIpc) is 2.67. The minimum Gasteiger partial charge on any atom is -0.480 e. The highest BCUT2D eigenvalue weighted by atomic mass is 16.6. The van der Waals surface area contributed by atoms with Crippen LogP contribution in [0.25, 0.3) is 11.0 Å². The number of fused-ring (bicyclic) bond motifs is 1. The summed E-state index contributed by atoms with van der Waals surface area (Å²) in [5, 5.41) is 13.8. The molecule has 3 rings (SSSR count). The van der Waals surface area contributed by atoms with Gasteiger partial charge in [0.05, 0.1) is 30.4 Å². The second kappa shape index (κ2) is 8.92. The molecule has 0 bridgehead atoms. The Kier molecular flexibility index (Phi) is 6.54. The van der Waals surface area contributed by atoms with E-state index in [0.29, 0.717) is 17.9 Å². The highest BCUT2D eigenvalue weighted by molar-refractivity contribution is 5.78. The number of amides is 1. The maximum Gasteiger partial charge on any atom is 0.407 e. The van der Waals surface area contributed by atoms with E-state index < -0.39 is 11.7 Å². The smallest absolute Gasteiger partial charge is 0.407 e. The summed E-state index contributed by atoms with van der Waals surface area (Å²) in [6, 6.07) is 5.70. The molecule has 1 aromatic heterocycles. The Morgan fingerprint density at radius 2 is 2.07 bits per heavy atom. The molecule has 2 aromatic rings. The number of methoxy groups -OCH3 is 1. The predicted octanol–water partition coefficient (Wildman–Crippen LogP) is 2.66. The number of aliphatic hydroxyl groups excluding tert-OH is 1. The zero-order chi connectivity index (χ0) is 21.0. The molecule has 0 spiro atoms. The van der Waals surface area contributed by atoms with Gasteiger partial charge in [-0.05, 0) is 39.7 Å². The van der Waals surface area contributed by atoms with Crippen molar-refractivity contribution < 1.29 is 19.4 Å². The summed E-state index contributed by atoms with van der Waals surface area (Å²) in [7, 11) is 1.55. The van der Waals surface area contributed by atoms with Gasteiger partial charge >= 0.3 is 6.09 Å². The molecule has 1 fully saturated rings. The third-order valence-electron chi connectivity index (χ3n) is 4.89. The minimum absolute atomic E-state index is 0.0888. The summed E-state index contributed by atoms with van der Waals surface area (Å²) in [5.41, 5.74) is 1.62. The SMILES string of the molecule is COc1cnc2cccc(C(O)CN3CCC(NC(=O)OC(C)(C)C)CC3)c2n1. The number of alkyl carbamates (subject to hydrolysis) is 1. The quantitative estimate of drug-likeness (QED) is 0.793. The van der Waals surface area contributed by atoms with Crippen molar-refractivity contribution >= 4 is 17.1 Å². The van der Waals surface area contributed by atoms with E-state index in [9.17, 15) is 9.90 Å². The van der Waals surface area contributed by atoms with Gasteiger partial charge in [0, 0.05) is 31.2 Å². The van der Waals surface area contributed by atoms with Crippen molar-refractivity contribution in [3.05, 3.63) is 30.0 Å². The van der Waals surface area contributed by atoms with Gasteiger partial charge in [0.15, 0.2) is 0 Å². The number of ether oxygens (including phenoxy) is 2. The summed E-state index contributed by atoms with van der Waals surface area (Å²) in [6.45, 7) is 7.63. The van der Waals surface area contributed by atoms with Gasteiger partial charge in [-0.1, -0.05) is 12.1 Å². The first kappa shape index (κ1) is 21.3. The molecule has 8 nitrogen and oxygen atoms in total. The molecular formula is C21H30N4O4. The van der Waals surface area contributed by atoms with Crippen molar-refractivity contribution in [1.29, 1.82) is 0 Å². The number of rotatable bonds is 5. The average molecular weight is 402 g/mol. The van der Waals surface area contributed by atoms with Crippen LogP contribution in [0.4, 0.5) is 4.79 Å². The van der Waals surface area contributed by atoms with E-state index in [4.69, 9.17) is 9.47 Å². The van der Waals surface area contributed by atoms with E-state index in [-0.39, 0.29) is 12.1 Å². The molecular weight excluding hydrogens is 372 g/mol. The highest BCUT2D eigenvalue weighted by Gasteiger charge is 2.25. The lowest BCUT2D eigenvalue weighted by Crippen LogP contribution is -2.46.